The second kappa shape index (κ2) is 4.72. The first-order valence-electron chi connectivity index (χ1n) is 5.41. The van der Waals surface area contributed by atoms with Crippen LogP contribution in [-0.2, 0) is 14.3 Å². The van der Waals surface area contributed by atoms with Crippen LogP contribution in [0.2, 0.25) is 0 Å². The Labute approximate surface area is 95.5 Å². The van der Waals surface area contributed by atoms with Crippen LogP contribution >= 0.6 is 0 Å². The molecule has 0 radical (unpaired) electrons. The third-order valence-electron chi connectivity index (χ3n) is 2.48. The minimum absolute atomic E-state index is 0.151. The quantitative estimate of drug-likeness (QED) is 0.728. The standard InChI is InChI=1S/C11H19NO4/c1-11(2,3)16-10(14)12-8-6-5-7(8)9(13)15-4/h7-8H,5-6H2,1-4H3,(H,12,14)/t7-,8+/m0/s1. The molecular weight excluding hydrogens is 210 g/mol. The third kappa shape index (κ3) is 3.40. The highest BCUT2D eigenvalue weighted by Crippen LogP contribution is 2.28. The van der Waals surface area contributed by atoms with Gasteiger partial charge in [0.25, 0.3) is 0 Å². The fourth-order valence-corrected chi connectivity index (χ4v) is 1.57. The van der Waals surface area contributed by atoms with Crippen LogP contribution in [0, 0.1) is 5.92 Å². The maximum absolute atomic E-state index is 11.4. The number of methoxy groups -OCH3 is 1. The van der Waals surface area contributed by atoms with Crippen LogP contribution in [0.3, 0.4) is 0 Å². The third-order valence-corrected chi connectivity index (χ3v) is 2.48. The van der Waals surface area contributed by atoms with Gasteiger partial charge in [-0.15, -0.1) is 0 Å². The Kier molecular flexibility index (Phi) is 3.78. The van der Waals surface area contributed by atoms with E-state index < -0.39 is 11.7 Å². The molecule has 1 amide bonds. The summed E-state index contributed by atoms with van der Waals surface area (Å²) in [6, 6.07) is -0.151. The lowest BCUT2D eigenvalue weighted by atomic mass is 9.80. The minimum atomic E-state index is -0.519. The van der Waals surface area contributed by atoms with Crippen molar-refractivity contribution in [2.24, 2.45) is 5.92 Å². The van der Waals surface area contributed by atoms with Crippen molar-refractivity contribution in [3.63, 3.8) is 0 Å². The number of rotatable bonds is 2. The molecule has 1 rings (SSSR count). The smallest absolute Gasteiger partial charge is 0.407 e. The molecule has 5 heteroatoms. The first kappa shape index (κ1) is 12.8. The van der Waals surface area contributed by atoms with E-state index >= 15 is 0 Å². The highest BCUT2D eigenvalue weighted by atomic mass is 16.6. The highest BCUT2D eigenvalue weighted by Gasteiger charge is 2.39. The van der Waals surface area contributed by atoms with Gasteiger partial charge >= 0.3 is 12.1 Å². The molecule has 0 aromatic rings. The summed E-state index contributed by atoms with van der Waals surface area (Å²) >= 11 is 0. The Morgan fingerprint density at radius 1 is 1.25 bits per heavy atom. The molecule has 2 atom stereocenters. The minimum Gasteiger partial charge on any atom is -0.469 e. The van der Waals surface area contributed by atoms with Crippen molar-refractivity contribution < 1.29 is 19.1 Å². The summed E-state index contributed by atoms with van der Waals surface area (Å²) in [5, 5.41) is 2.68. The lowest BCUT2D eigenvalue weighted by Gasteiger charge is -2.35. The molecule has 1 aliphatic rings. The van der Waals surface area contributed by atoms with Crippen LogP contribution in [0.25, 0.3) is 0 Å². The molecule has 0 aromatic carbocycles. The van der Waals surface area contributed by atoms with E-state index in [2.05, 4.69) is 10.1 Å². The van der Waals surface area contributed by atoms with Crippen LogP contribution in [0.1, 0.15) is 33.6 Å². The number of amides is 1. The van der Waals surface area contributed by atoms with E-state index in [1.54, 1.807) is 20.8 Å². The van der Waals surface area contributed by atoms with Crippen molar-refractivity contribution >= 4 is 12.1 Å². The zero-order valence-electron chi connectivity index (χ0n) is 10.2. The topological polar surface area (TPSA) is 64.6 Å². The lowest BCUT2D eigenvalue weighted by Crippen LogP contribution is -2.51. The molecule has 1 fully saturated rings. The van der Waals surface area contributed by atoms with Gasteiger partial charge in [0.1, 0.15) is 5.60 Å². The zero-order chi connectivity index (χ0) is 12.3. The van der Waals surface area contributed by atoms with Crippen LogP contribution in [0.4, 0.5) is 4.79 Å². The Balaban J connectivity index is 2.38. The number of esters is 1. The molecule has 1 aliphatic carbocycles. The lowest BCUT2D eigenvalue weighted by molar-refractivity contribution is -0.149. The van der Waals surface area contributed by atoms with Gasteiger partial charge in [0.05, 0.1) is 13.0 Å². The Hall–Kier alpha value is -1.26. The number of carbonyl (C=O) groups is 2. The Morgan fingerprint density at radius 3 is 2.25 bits per heavy atom. The van der Waals surface area contributed by atoms with Gasteiger partial charge in [0, 0.05) is 6.04 Å². The number of carbonyl (C=O) groups excluding carboxylic acids is 2. The van der Waals surface area contributed by atoms with Gasteiger partial charge in [-0.25, -0.2) is 4.79 Å². The normalized spacial score (nSPS) is 24.2. The molecule has 1 saturated carbocycles. The van der Waals surface area contributed by atoms with E-state index in [1.165, 1.54) is 7.11 Å². The molecule has 92 valence electrons. The van der Waals surface area contributed by atoms with Gasteiger partial charge in [0.15, 0.2) is 0 Å². The van der Waals surface area contributed by atoms with E-state index in [9.17, 15) is 9.59 Å². The second-order valence-electron chi connectivity index (χ2n) is 4.96. The average Bonchev–Trinajstić information content (AvgIpc) is 2.09. The molecule has 0 unspecified atom stereocenters. The first-order chi connectivity index (χ1) is 7.33. The van der Waals surface area contributed by atoms with Crippen molar-refractivity contribution in [1.29, 1.82) is 0 Å². The van der Waals surface area contributed by atoms with E-state index in [4.69, 9.17) is 4.74 Å². The van der Waals surface area contributed by atoms with E-state index in [1.807, 2.05) is 0 Å². The number of ether oxygens (including phenoxy) is 2. The van der Waals surface area contributed by atoms with Crippen molar-refractivity contribution in [3.8, 4) is 0 Å². The molecule has 0 heterocycles. The Bertz CT molecular complexity index is 282. The number of hydrogen-bond donors (Lipinski definition) is 1. The monoisotopic (exact) mass is 229 g/mol. The van der Waals surface area contributed by atoms with Gasteiger partial charge in [-0.2, -0.15) is 0 Å². The zero-order valence-corrected chi connectivity index (χ0v) is 10.2. The van der Waals surface area contributed by atoms with Gasteiger partial charge in [-0.3, -0.25) is 4.79 Å². The summed E-state index contributed by atoms with van der Waals surface area (Å²) in [6.45, 7) is 5.39. The van der Waals surface area contributed by atoms with Gasteiger partial charge < -0.3 is 14.8 Å². The van der Waals surface area contributed by atoms with Gasteiger partial charge in [-0.1, -0.05) is 0 Å². The SMILES string of the molecule is COC(=O)[C@H]1CC[C@H]1NC(=O)OC(C)(C)C. The summed E-state index contributed by atoms with van der Waals surface area (Å²) in [5.41, 5.74) is -0.519. The second-order valence-corrected chi connectivity index (χ2v) is 4.96. The maximum Gasteiger partial charge on any atom is 0.407 e. The molecule has 0 aromatic heterocycles. The van der Waals surface area contributed by atoms with E-state index in [0.29, 0.717) is 0 Å². The maximum atomic E-state index is 11.4. The number of alkyl carbamates (subject to hydrolysis) is 1. The molecule has 0 spiro atoms. The van der Waals surface area contributed by atoms with Crippen molar-refractivity contribution in [2.45, 2.75) is 45.3 Å². The van der Waals surface area contributed by atoms with Crippen LogP contribution in [0.5, 0.6) is 0 Å². The predicted octanol–water partition coefficient (Wildman–Crippen LogP) is 1.46. The summed E-state index contributed by atoms with van der Waals surface area (Å²) in [4.78, 5) is 22.7. The molecule has 0 saturated heterocycles. The molecule has 0 aliphatic heterocycles. The van der Waals surface area contributed by atoms with Crippen molar-refractivity contribution in [1.82, 2.24) is 5.32 Å². The van der Waals surface area contributed by atoms with Crippen LogP contribution in [0.15, 0.2) is 0 Å². The van der Waals surface area contributed by atoms with E-state index in [-0.39, 0.29) is 17.9 Å². The molecular formula is C11H19NO4. The average molecular weight is 229 g/mol. The summed E-state index contributed by atoms with van der Waals surface area (Å²) in [5.74, 6) is -0.496. The van der Waals surface area contributed by atoms with Crippen molar-refractivity contribution in [2.75, 3.05) is 7.11 Å². The summed E-state index contributed by atoms with van der Waals surface area (Å²) < 4.78 is 9.74. The predicted molar refractivity (Wildman–Crippen MR) is 57.9 cm³/mol. The first-order valence-corrected chi connectivity index (χ1v) is 5.41. The molecule has 5 nitrogen and oxygen atoms in total. The summed E-state index contributed by atoms with van der Waals surface area (Å²) in [7, 11) is 1.35. The fraction of sp³-hybridized carbons (Fsp3) is 0.818. The molecule has 16 heavy (non-hydrogen) atoms. The highest BCUT2D eigenvalue weighted by molar-refractivity contribution is 5.76. The number of nitrogens with one attached hydrogen (secondary N) is 1. The van der Waals surface area contributed by atoms with Crippen LogP contribution < -0.4 is 5.32 Å². The summed E-state index contributed by atoms with van der Waals surface area (Å²) in [6.07, 6.45) is 1.07. The van der Waals surface area contributed by atoms with Gasteiger partial charge in [0.2, 0.25) is 0 Å². The van der Waals surface area contributed by atoms with Crippen molar-refractivity contribution in [3.05, 3.63) is 0 Å². The van der Waals surface area contributed by atoms with Crippen LogP contribution in [-0.4, -0.2) is 30.8 Å². The molecule has 1 N–H and O–H groups in total. The largest absolute Gasteiger partial charge is 0.469 e. The Morgan fingerprint density at radius 2 is 1.88 bits per heavy atom. The number of hydrogen-bond acceptors (Lipinski definition) is 4. The molecule has 0 bridgehead atoms. The van der Waals surface area contributed by atoms with E-state index in [0.717, 1.165) is 12.8 Å². The van der Waals surface area contributed by atoms with Gasteiger partial charge in [-0.05, 0) is 33.6 Å². The fourth-order valence-electron chi connectivity index (χ4n) is 1.57.